The maximum Gasteiger partial charge on any atom is 0.0971 e. The van der Waals surface area contributed by atoms with E-state index in [-0.39, 0.29) is 30.9 Å². The Bertz CT molecular complexity index is 236. The van der Waals surface area contributed by atoms with Crippen LogP contribution in [0.5, 0.6) is 0 Å². The standard InChI is InChI=1S/C12H24N2O3/c1-16-10-5-14(6-11(10)17-2)9(7-15)12(13)8-3-4-8/h8-12,15H,3-7,13H2,1-2H3. The van der Waals surface area contributed by atoms with Crippen molar-refractivity contribution in [3.05, 3.63) is 0 Å². The molecule has 0 aromatic rings. The Labute approximate surface area is 103 Å². The van der Waals surface area contributed by atoms with Crippen molar-refractivity contribution in [1.82, 2.24) is 4.90 Å². The molecule has 100 valence electrons. The van der Waals surface area contributed by atoms with Crippen molar-refractivity contribution >= 4 is 0 Å². The molecule has 0 aromatic heterocycles. The first-order valence-corrected chi connectivity index (χ1v) is 6.37. The molecule has 17 heavy (non-hydrogen) atoms. The molecule has 1 saturated heterocycles. The molecule has 0 bridgehead atoms. The number of hydrogen-bond donors (Lipinski definition) is 2. The van der Waals surface area contributed by atoms with Crippen molar-refractivity contribution in [2.45, 2.75) is 37.1 Å². The van der Waals surface area contributed by atoms with Crippen LogP contribution in [0.1, 0.15) is 12.8 Å². The maximum absolute atomic E-state index is 9.55. The molecule has 3 N–H and O–H groups in total. The average Bonchev–Trinajstić information content (AvgIpc) is 3.11. The highest BCUT2D eigenvalue weighted by Gasteiger charge is 2.42. The van der Waals surface area contributed by atoms with Crippen LogP contribution in [0.4, 0.5) is 0 Å². The minimum atomic E-state index is 0.0419. The second-order valence-electron chi connectivity index (χ2n) is 5.17. The van der Waals surface area contributed by atoms with Crippen molar-refractivity contribution in [3.63, 3.8) is 0 Å². The summed E-state index contributed by atoms with van der Waals surface area (Å²) in [6, 6.07) is 0.119. The van der Waals surface area contributed by atoms with Gasteiger partial charge in [-0.1, -0.05) is 0 Å². The van der Waals surface area contributed by atoms with Crippen LogP contribution in [0.2, 0.25) is 0 Å². The summed E-state index contributed by atoms with van der Waals surface area (Å²) in [6.07, 6.45) is 2.57. The van der Waals surface area contributed by atoms with E-state index >= 15 is 0 Å². The SMILES string of the molecule is COC1CN(C(CO)C(N)C2CC2)CC1OC. The van der Waals surface area contributed by atoms with Gasteiger partial charge in [-0.2, -0.15) is 0 Å². The van der Waals surface area contributed by atoms with Gasteiger partial charge in [-0.25, -0.2) is 0 Å². The van der Waals surface area contributed by atoms with Gasteiger partial charge in [-0.05, 0) is 18.8 Å². The number of nitrogens with zero attached hydrogens (tertiary/aromatic N) is 1. The minimum absolute atomic E-state index is 0.0419. The number of hydrogen-bond acceptors (Lipinski definition) is 5. The Morgan fingerprint density at radius 3 is 2.12 bits per heavy atom. The van der Waals surface area contributed by atoms with Gasteiger partial charge in [0, 0.05) is 39.4 Å². The molecule has 0 radical (unpaired) electrons. The van der Waals surface area contributed by atoms with E-state index in [9.17, 15) is 5.11 Å². The lowest BCUT2D eigenvalue weighted by molar-refractivity contribution is -0.00461. The van der Waals surface area contributed by atoms with Gasteiger partial charge in [0.05, 0.1) is 18.8 Å². The summed E-state index contributed by atoms with van der Waals surface area (Å²) in [5, 5.41) is 9.55. The van der Waals surface area contributed by atoms with Crippen molar-refractivity contribution < 1.29 is 14.6 Å². The Morgan fingerprint density at radius 2 is 1.76 bits per heavy atom. The quantitative estimate of drug-likeness (QED) is 0.655. The first-order valence-electron chi connectivity index (χ1n) is 6.37. The fourth-order valence-electron chi connectivity index (χ4n) is 2.77. The summed E-state index contributed by atoms with van der Waals surface area (Å²) in [5.74, 6) is 0.592. The van der Waals surface area contributed by atoms with Gasteiger partial charge in [0.2, 0.25) is 0 Å². The Kier molecular flexibility index (Phi) is 4.38. The molecule has 2 fully saturated rings. The van der Waals surface area contributed by atoms with Crippen LogP contribution in [0.25, 0.3) is 0 Å². The van der Waals surface area contributed by atoms with E-state index in [4.69, 9.17) is 15.2 Å². The summed E-state index contributed by atoms with van der Waals surface area (Å²) in [5.41, 5.74) is 6.20. The average molecular weight is 244 g/mol. The molecule has 4 atom stereocenters. The zero-order valence-electron chi connectivity index (χ0n) is 10.7. The number of rotatable bonds is 6. The maximum atomic E-state index is 9.55. The van der Waals surface area contributed by atoms with E-state index in [1.54, 1.807) is 14.2 Å². The van der Waals surface area contributed by atoms with E-state index in [0.29, 0.717) is 5.92 Å². The lowest BCUT2D eigenvalue weighted by atomic mass is 10.0. The van der Waals surface area contributed by atoms with Crippen LogP contribution in [-0.4, -0.2) is 68.2 Å². The fourth-order valence-corrected chi connectivity index (χ4v) is 2.77. The van der Waals surface area contributed by atoms with Crippen molar-refractivity contribution in [2.75, 3.05) is 33.9 Å². The summed E-state index contributed by atoms with van der Waals surface area (Å²) < 4.78 is 10.8. The van der Waals surface area contributed by atoms with Crippen LogP contribution in [0.3, 0.4) is 0 Å². The van der Waals surface area contributed by atoms with Crippen molar-refractivity contribution in [1.29, 1.82) is 0 Å². The number of nitrogens with two attached hydrogens (primary N) is 1. The van der Waals surface area contributed by atoms with Crippen molar-refractivity contribution in [3.8, 4) is 0 Å². The number of aliphatic hydroxyl groups excluding tert-OH is 1. The predicted octanol–water partition coefficient (Wildman–Crippen LogP) is -0.570. The molecule has 1 aliphatic heterocycles. The van der Waals surface area contributed by atoms with Crippen LogP contribution in [0.15, 0.2) is 0 Å². The molecule has 2 aliphatic rings. The van der Waals surface area contributed by atoms with Gasteiger partial charge in [0.25, 0.3) is 0 Å². The Morgan fingerprint density at radius 1 is 1.24 bits per heavy atom. The van der Waals surface area contributed by atoms with Gasteiger partial charge >= 0.3 is 0 Å². The number of aliphatic hydroxyl groups is 1. The van der Waals surface area contributed by atoms with E-state index in [0.717, 1.165) is 13.1 Å². The number of ether oxygens (including phenoxy) is 2. The van der Waals surface area contributed by atoms with Crippen molar-refractivity contribution in [2.24, 2.45) is 11.7 Å². The lowest BCUT2D eigenvalue weighted by Crippen LogP contribution is -2.50. The molecule has 0 spiro atoms. The van der Waals surface area contributed by atoms with Gasteiger partial charge in [0.15, 0.2) is 0 Å². The lowest BCUT2D eigenvalue weighted by Gasteiger charge is -2.31. The highest BCUT2D eigenvalue weighted by molar-refractivity contribution is 4.97. The monoisotopic (exact) mass is 244 g/mol. The highest BCUT2D eigenvalue weighted by atomic mass is 16.5. The fraction of sp³-hybridized carbons (Fsp3) is 1.00. The first-order chi connectivity index (χ1) is 8.21. The second-order valence-corrected chi connectivity index (χ2v) is 5.17. The zero-order valence-corrected chi connectivity index (χ0v) is 10.7. The van der Waals surface area contributed by atoms with Crippen LogP contribution in [-0.2, 0) is 9.47 Å². The van der Waals surface area contributed by atoms with Gasteiger partial charge < -0.3 is 20.3 Å². The largest absolute Gasteiger partial charge is 0.395 e. The van der Waals surface area contributed by atoms with Gasteiger partial charge in [-0.15, -0.1) is 0 Å². The first kappa shape index (κ1) is 13.2. The van der Waals surface area contributed by atoms with Crippen LogP contribution < -0.4 is 5.73 Å². The molecule has 2 rings (SSSR count). The molecule has 0 aromatic carbocycles. The zero-order chi connectivity index (χ0) is 12.4. The Balaban J connectivity index is 1.95. The summed E-state index contributed by atoms with van der Waals surface area (Å²) in [7, 11) is 3.41. The highest BCUT2D eigenvalue weighted by Crippen LogP contribution is 2.34. The second kappa shape index (κ2) is 5.63. The molecule has 5 heteroatoms. The number of likely N-dealkylation sites (tertiary alicyclic amines) is 1. The third-order valence-electron chi connectivity index (χ3n) is 4.12. The molecular formula is C12H24N2O3. The van der Waals surface area contributed by atoms with Crippen LogP contribution in [0, 0.1) is 5.92 Å². The molecule has 1 saturated carbocycles. The van der Waals surface area contributed by atoms with E-state index in [2.05, 4.69) is 4.90 Å². The van der Waals surface area contributed by atoms with E-state index in [1.165, 1.54) is 12.8 Å². The molecule has 1 heterocycles. The smallest absolute Gasteiger partial charge is 0.0971 e. The van der Waals surface area contributed by atoms with Gasteiger partial charge in [0.1, 0.15) is 0 Å². The minimum Gasteiger partial charge on any atom is -0.395 e. The number of methoxy groups -OCH3 is 2. The molecular weight excluding hydrogens is 220 g/mol. The normalized spacial score (nSPS) is 33.9. The Hall–Kier alpha value is -0.200. The molecule has 5 nitrogen and oxygen atoms in total. The van der Waals surface area contributed by atoms with Gasteiger partial charge in [-0.3, -0.25) is 4.90 Å². The molecule has 1 aliphatic carbocycles. The summed E-state index contributed by atoms with van der Waals surface area (Å²) >= 11 is 0. The topological polar surface area (TPSA) is 68.0 Å². The van der Waals surface area contributed by atoms with Crippen LogP contribution >= 0.6 is 0 Å². The third kappa shape index (κ3) is 2.80. The summed E-state index contributed by atoms with van der Waals surface area (Å²) in [4.78, 5) is 2.21. The summed E-state index contributed by atoms with van der Waals surface area (Å²) in [6.45, 7) is 1.70. The van der Waals surface area contributed by atoms with E-state index < -0.39 is 0 Å². The predicted molar refractivity (Wildman–Crippen MR) is 64.7 cm³/mol. The molecule has 4 unspecified atom stereocenters. The third-order valence-corrected chi connectivity index (χ3v) is 4.12. The molecule has 0 amide bonds. The van der Waals surface area contributed by atoms with E-state index in [1.807, 2.05) is 0 Å².